The van der Waals surface area contributed by atoms with E-state index in [1.165, 1.54) is 36.4 Å². The van der Waals surface area contributed by atoms with Gasteiger partial charge in [0, 0.05) is 18.8 Å². The monoisotopic (exact) mass is 442 g/mol. The lowest BCUT2D eigenvalue weighted by Crippen LogP contribution is -2.60. The highest BCUT2D eigenvalue weighted by molar-refractivity contribution is 7.89. The van der Waals surface area contributed by atoms with Crippen molar-refractivity contribution >= 4 is 22.0 Å². The van der Waals surface area contributed by atoms with Crippen LogP contribution in [0, 0.1) is 0 Å². The molecule has 10 heteroatoms. The zero-order valence-electron chi connectivity index (χ0n) is 16.7. The molecule has 0 aliphatic rings. The van der Waals surface area contributed by atoms with Gasteiger partial charge in [0.05, 0.1) is 10.5 Å². The molecule has 0 aliphatic heterocycles. The first-order chi connectivity index (χ1) is 14.7. The van der Waals surface area contributed by atoms with Crippen LogP contribution in [0.2, 0.25) is 0 Å². The van der Waals surface area contributed by atoms with Gasteiger partial charge in [-0.25, -0.2) is 23.0 Å². The molecule has 0 spiro atoms. The largest absolute Gasteiger partial charge is 0.387 e. The molecule has 0 saturated carbocycles. The number of aromatic nitrogens is 2. The standard InChI is InChI=1S/C21H22N4O5S/c1-21(22,25-31(28,29)17-5-3-2-4-6-17)20(27)30-19(26)16-10-7-15(8-11-16)9-12-18-23-13-14-24-18/h2-8,10-11,13-14,25H,9,12,22H2,1H3,(H,23,24)/t21-/m0/s1. The molecule has 3 aromatic rings. The molecule has 9 nitrogen and oxygen atoms in total. The average molecular weight is 442 g/mol. The molecule has 4 N–H and O–H groups in total. The van der Waals surface area contributed by atoms with Gasteiger partial charge in [-0.3, -0.25) is 0 Å². The maximum atomic E-state index is 12.4. The van der Waals surface area contributed by atoms with E-state index in [1.54, 1.807) is 30.6 Å². The highest BCUT2D eigenvalue weighted by Crippen LogP contribution is 2.13. The number of carbonyl (C=O) groups excluding carboxylic acids is 2. The first-order valence-electron chi connectivity index (χ1n) is 9.39. The SMILES string of the molecule is C[C@](N)(NS(=O)(=O)c1ccccc1)C(=O)OC(=O)c1ccc(CCc2ncc[nH]2)cc1. The molecule has 3 rings (SSSR count). The Labute approximate surface area is 179 Å². The molecule has 0 radical (unpaired) electrons. The lowest BCUT2D eigenvalue weighted by Gasteiger charge is -2.23. The first kappa shape index (κ1) is 22.3. The fourth-order valence-electron chi connectivity index (χ4n) is 2.73. The molecule has 0 bridgehead atoms. The van der Waals surface area contributed by atoms with Gasteiger partial charge in [-0.1, -0.05) is 30.3 Å². The number of H-pyrrole nitrogens is 1. The van der Waals surface area contributed by atoms with E-state index in [1.807, 2.05) is 0 Å². The number of nitrogens with zero attached hydrogens (tertiary/aromatic N) is 1. The summed E-state index contributed by atoms with van der Waals surface area (Å²) in [5.74, 6) is -1.30. The number of benzene rings is 2. The number of ether oxygens (including phenoxy) is 1. The third-order valence-electron chi connectivity index (χ3n) is 4.40. The molecule has 162 valence electrons. The van der Waals surface area contributed by atoms with E-state index in [-0.39, 0.29) is 10.5 Å². The van der Waals surface area contributed by atoms with E-state index in [4.69, 9.17) is 10.5 Å². The third kappa shape index (κ3) is 5.85. The number of hydrogen-bond donors (Lipinski definition) is 3. The highest BCUT2D eigenvalue weighted by atomic mass is 32.2. The Kier molecular flexibility index (Phi) is 6.64. The number of esters is 2. The van der Waals surface area contributed by atoms with Gasteiger partial charge < -0.3 is 15.5 Å². The molecule has 0 fully saturated rings. The van der Waals surface area contributed by atoms with Crippen molar-refractivity contribution in [3.05, 3.63) is 83.9 Å². The van der Waals surface area contributed by atoms with Crippen LogP contribution in [0.3, 0.4) is 0 Å². The number of imidazole rings is 1. The number of aryl methyl sites for hydroxylation is 2. The molecule has 1 atom stereocenters. The lowest BCUT2D eigenvalue weighted by atomic mass is 10.1. The van der Waals surface area contributed by atoms with E-state index in [2.05, 4.69) is 14.7 Å². The molecule has 2 aromatic carbocycles. The summed E-state index contributed by atoms with van der Waals surface area (Å²) >= 11 is 0. The predicted molar refractivity (Wildman–Crippen MR) is 112 cm³/mol. The molecular weight excluding hydrogens is 420 g/mol. The van der Waals surface area contributed by atoms with Crippen molar-refractivity contribution in [3.63, 3.8) is 0 Å². The van der Waals surface area contributed by atoms with E-state index in [0.29, 0.717) is 12.8 Å². The minimum atomic E-state index is -4.09. The zero-order valence-corrected chi connectivity index (χ0v) is 17.6. The normalized spacial score (nSPS) is 13.4. The Morgan fingerprint density at radius 1 is 1.10 bits per heavy atom. The fraction of sp³-hybridized carbons (Fsp3) is 0.190. The van der Waals surface area contributed by atoms with Gasteiger partial charge in [0.25, 0.3) is 0 Å². The predicted octanol–water partition coefficient (Wildman–Crippen LogP) is 1.53. The lowest BCUT2D eigenvalue weighted by molar-refractivity contribution is -0.144. The molecular formula is C21H22N4O5S. The maximum absolute atomic E-state index is 12.4. The van der Waals surface area contributed by atoms with Gasteiger partial charge in [-0.2, -0.15) is 4.72 Å². The Morgan fingerprint density at radius 3 is 2.39 bits per heavy atom. The van der Waals surface area contributed by atoms with Crippen LogP contribution in [0.25, 0.3) is 0 Å². The summed E-state index contributed by atoms with van der Waals surface area (Å²) < 4.78 is 31.7. The summed E-state index contributed by atoms with van der Waals surface area (Å²) in [5, 5.41) is 0. The number of rotatable bonds is 8. The Morgan fingerprint density at radius 2 is 1.77 bits per heavy atom. The zero-order chi connectivity index (χ0) is 22.5. The summed E-state index contributed by atoms with van der Waals surface area (Å²) in [7, 11) is -4.09. The highest BCUT2D eigenvalue weighted by Gasteiger charge is 2.37. The van der Waals surface area contributed by atoms with Crippen molar-refractivity contribution in [1.82, 2.24) is 14.7 Å². The topological polar surface area (TPSA) is 144 Å². The Balaban J connectivity index is 1.60. The molecule has 1 heterocycles. The molecule has 0 amide bonds. The van der Waals surface area contributed by atoms with Crippen molar-refractivity contribution in [2.45, 2.75) is 30.3 Å². The van der Waals surface area contributed by atoms with Gasteiger partial charge in [0.15, 0.2) is 5.66 Å². The maximum Gasteiger partial charge on any atom is 0.349 e. The second-order valence-corrected chi connectivity index (χ2v) is 8.71. The van der Waals surface area contributed by atoms with Crippen LogP contribution in [-0.2, 0) is 32.4 Å². The van der Waals surface area contributed by atoms with Crippen LogP contribution < -0.4 is 10.5 Å². The first-order valence-corrected chi connectivity index (χ1v) is 10.9. The number of carbonyl (C=O) groups is 2. The van der Waals surface area contributed by atoms with Crippen LogP contribution in [0.15, 0.2) is 71.9 Å². The Hall–Kier alpha value is -3.34. The molecule has 31 heavy (non-hydrogen) atoms. The van der Waals surface area contributed by atoms with Crippen molar-refractivity contribution in [1.29, 1.82) is 0 Å². The summed E-state index contributed by atoms with van der Waals surface area (Å²) in [6.07, 6.45) is 4.85. The minimum absolute atomic E-state index is 0.0732. The quantitative estimate of drug-likeness (QED) is 0.273. The van der Waals surface area contributed by atoms with Gasteiger partial charge in [-0.05, 0) is 43.2 Å². The molecule has 0 unspecified atom stereocenters. The van der Waals surface area contributed by atoms with Crippen LogP contribution in [0.4, 0.5) is 0 Å². The fourth-order valence-corrected chi connectivity index (χ4v) is 4.01. The van der Waals surface area contributed by atoms with Crippen molar-refractivity contribution in [3.8, 4) is 0 Å². The number of hydrogen-bond acceptors (Lipinski definition) is 7. The number of sulfonamides is 1. The van der Waals surface area contributed by atoms with Gasteiger partial charge in [0.2, 0.25) is 10.0 Å². The third-order valence-corrected chi connectivity index (χ3v) is 5.99. The van der Waals surface area contributed by atoms with Crippen LogP contribution >= 0.6 is 0 Å². The number of nitrogens with one attached hydrogen (secondary N) is 2. The van der Waals surface area contributed by atoms with E-state index < -0.39 is 27.6 Å². The van der Waals surface area contributed by atoms with E-state index in [0.717, 1.165) is 18.3 Å². The van der Waals surface area contributed by atoms with E-state index in [9.17, 15) is 18.0 Å². The average Bonchev–Trinajstić information content (AvgIpc) is 3.26. The van der Waals surface area contributed by atoms with Crippen LogP contribution in [0.5, 0.6) is 0 Å². The van der Waals surface area contributed by atoms with Gasteiger partial charge in [-0.15, -0.1) is 0 Å². The summed E-state index contributed by atoms with van der Waals surface area (Å²) in [6.45, 7) is 1.11. The number of aromatic amines is 1. The Bertz CT molecular complexity index is 1140. The van der Waals surface area contributed by atoms with Gasteiger partial charge in [0.1, 0.15) is 5.82 Å². The molecule has 1 aromatic heterocycles. The van der Waals surface area contributed by atoms with Crippen molar-refractivity contribution in [2.24, 2.45) is 5.73 Å². The van der Waals surface area contributed by atoms with E-state index >= 15 is 0 Å². The minimum Gasteiger partial charge on any atom is -0.387 e. The molecule has 0 aliphatic carbocycles. The second-order valence-electron chi connectivity index (χ2n) is 7.03. The summed E-state index contributed by atoms with van der Waals surface area (Å²) in [6, 6.07) is 13.9. The van der Waals surface area contributed by atoms with Gasteiger partial charge >= 0.3 is 11.9 Å². The second kappa shape index (κ2) is 9.21. The summed E-state index contributed by atoms with van der Waals surface area (Å²) in [5.41, 5.74) is 4.76. The van der Waals surface area contributed by atoms with Crippen molar-refractivity contribution in [2.75, 3.05) is 0 Å². The van der Waals surface area contributed by atoms with Crippen LogP contribution in [0.1, 0.15) is 28.7 Å². The number of nitrogens with two attached hydrogens (primary N) is 1. The molecule has 0 saturated heterocycles. The van der Waals surface area contributed by atoms with Crippen molar-refractivity contribution < 1.29 is 22.7 Å². The summed E-state index contributed by atoms with van der Waals surface area (Å²) in [4.78, 5) is 31.7. The smallest absolute Gasteiger partial charge is 0.349 e. The van der Waals surface area contributed by atoms with Crippen LogP contribution in [-0.4, -0.2) is 36.0 Å².